The molecule has 32 heavy (non-hydrogen) atoms. The second kappa shape index (κ2) is 11.4. The van der Waals surface area contributed by atoms with Crippen molar-refractivity contribution >= 4 is 34.8 Å². The molecule has 0 aromatic heterocycles. The summed E-state index contributed by atoms with van der Waals surface area (Å²) in [6.07, 6.45) is 5.62. The Bertz CT molecular complexity index is 929. The summed E-state index contributed by atoms with van der Waals surface area (Å²) in [6.45, 7) is 1.47. The minimum Gasteiger partial charge on any atom is -0.309 e. The van der Waals surface area contributed by atoms with Crippen LogP contribution in [0, 0.1) is 17.6 Å². The van der Waals surface area contributed by atoms with E-state index in [1.165, 1.54) is 12.1 Å². The molecule has 0 radical (unpaired) electrons. The summed E-state index contributed by atoms with van der Waals surface area (Å²) >= 11 is 13.2. The number of aryl methyl sites for hydroxylation is 1. The monoisotopic (exact) mass is 482 g/mol. The van der Waals surface area contributed by atoms with Crippen molar-refractivity contribution in [3.05, 3.63) is 63.1 Å². The van der Waals surface area contributed by atoms with Crippen LogP contribution in [0.15, 0.2) is 30.3 Å². The van der Waals surface area contributed by atoms with Crippen LogP contribution in [-0.4, -0.2) is 38.0 Å². The van der Waals surface area contributed by atoms with E-state index in [1.54, 1.807) is 4.90 Å². The number of nitrogens with zero attached hydrogens (tertiary/aromatic N) is 2. The Balaban J connectivity index is 1.67. The van der Waals surface area contributed by atoms with Gasteiger partial charge in [-0.1, -0.05) is 35.7 Å². The standard InChI is InChI=1S/C25H30Cl2F2N2O/c1-30(2)11-5-3-4-6-17-13-21(26)25(22(27)14-17)31-16-18(7-10-24(31)32)12-19-8-9-20(28)15-23(19)29/h8-9,13-15,18H,3-7,10-12,16H2,1-2H3. The summed E-state index contributed by atoms with van der Waals surface area (Å²) in [7, 11) is 4.14. The molecule has 3 nitrogen and oxygen atoms in total. The quantitative estimate of drug-likeness (QED) is 0.379. The fourth-order valence-corrected chi connectivity index (χ4v) is 4.99. The summed E-state index contributed by atoms with van der Waals surface area (Å²) in [5.41, 5.74) is 2.04. The molecule has 2 aromatic carbocycles. The number of unbranched alkanes of at least 4 members (excludes halogenated alkanes) is 2. The Hall–Kier alpha value is -1.69. The van der Waals surface area contributed by atoms with Gasteiger partial charge in [0.1, 0.15) is 11.6 Å². The van der Waals surface area contributed by atoms with Crippen molar-refractivity contribution in [2.45, 2.75) is 44.9 Å². The van der Waals surface area contributed by atoms with Gasteiger partial charge >= 0.3 is 0 Å². The lowest BCUT2D eigenvalue weighted by molar-refractivity contribution is -0.120. The van der Waals surface area contributed by atoms with E-state index in [4.69, 9.17) is 23.2 Å². The van der Waals surface area contributed by atoms with Gasteiger partial charge in [0.25, 0.3) is 0 Å². The predicted octanol–water partition coefficient (Wildman–Crippen LogP) is 6.53. The molecular formula is C25H30Cl2F2N2O. The summed E-state index contributed by atoms with van der Waals surface area (Å²) in [6, 6.07) is 7.42. The molecule has 1 unspecified atom stereocenters. The predicted molar refractivity (Wildman–Crippen MR) is 128 cm³/mol. The van der Waals surface area contributed by atoms with Crippen molar-refractivity contribution < 1.29 is 13.6 Å². The normalized spacial score (nSPS) is 16.8. The number of halogens is 4. The number of anilines is 1. The lowest BCUT2D eigenvalue weighted by Gasteiger charge is -2.34. The molecule has 1 atom stereocenters. The number of hydrogen-bond acceptors (Lipinski definition) is 2. The Morgan fingerprint density at radius 1 is 1.06 bits per heavy atom. The number of benzene rings is 2. The van der Waals surface area contributed by atoms with Crippen molar-refractivity contribution in [1.82, 2.24) is 4.90 Å². The average Bonchev–Trinajstić information content (AvgIpc) is 2.71. The molecule has 0 spiro atoms. The second-order valence-electron chi connectivity index (χ2n) is 8.87. The van der Waals surface area contributed by atoms with Crippen LogP contribution < -0.4 is 4.90 Å². The highest BCUT2D eigenvalue weighted by atomic mass is 35.5. The smallest absolute Gasteiger partial charge is 0.227 e. The zero-order valence-corrected chi connectivity index (χ0v) is 20.2. The number of hydrogen-bond donors (Lipinski definition) is 0. The third-order valence-electron chi connectivity index (χ3n) is 5.95. The second-order valence-corrected chi connectivity index (χ2v) is 9.69. The SMILES string of the molecule is CN(C)CCCCCc1cc(Cl)c(N2CC(Cc3ccc(F)cc3F)CCC2=O)c(Cl)c1. The first-order chi connectivity index (χ1) is 15.2. The Morgan fingerprint density at radius 3 is 2.44 bits per heavy atom. The molecule has 3 rings (SSSR count). The van der Waals surface area contributed by atoms with E-state index in [9.17, 15) is 13.6 Å². The fraction of sp³-hybridized carbons (Fsp3) is 0.480. The van der Waals surface area contributed by atoms with Gasteiger partial charge in [0.2, 0.25) is 5.91 Å². The van der Waals surface area contributed by atoms with Crippen molar-refractivity contribution in [1.29, 1.82) is 0 Å². The maximum absolute atomic E-state index is 14.1. The summed E-state index contributed by atoms with van der Waals surface area (Å²) in [4.78, 5) is 16.5. The summed E-state index contributed by atoms with van der Waals surface area (Å²) < 4.78 is 27.3. The van der Waals surface area contributed by atoms with Gasteiger partial charge in [-0.2, -0.15) is 0 Å². The summed E-state index contributed by atoms with van der Waals surface area (Å²) in [5, 5.41) is 0.922. The molecule has 0 saturated carbocycles. The molecule has 1 aliphatic heterocycles. The first-order valence-corrected chi connectivity index (χ1v) is 11.9. The van der Waals surface area contributed by atoms with Crippen LogP contribution in [0.5, 0.6) is 0 Å². The molecule has 7 heteroatoms. The van der Waals surface area contributed by atoms with E-state index in [-0.39, 0.29) is 11.8 Å². The van der Waals surface area contributed by atoms with Crippen molar-refractivity contribution in [2.75, 3.05) is 32.1 Å². The van der Waals surface area contributed by atoms with E-state index in [0.717, 1.165) is 43.9 Å². The van der Waals surface area contributed by atoms with Gasteiger partial charge in [-0.05, 0) is 88.0 Å². The van der Waals surface area contributed by atoms with Crippen LogP contribution in [0.2, 0.25) is 10.0 Å². The zero-order chi connectivity index (χ0) is 23.3. The molecule has 1 saturated heterocycles. The molecule has 0 N–H and O–H groups in total. The first kappa shape index (κ1) is 24.9. The number of carbonyl (C=O) groups is 1. The van der Waals surface area contributed by atoms with Gasteiger partial charge in [-0.25, -0.2) is 8.78 Å². The number of rotatable bonds is 9. The number of piperidine rings is 1. The molecule has 1 aliphatic rings. The van der Waals surface area contributed by atoms with Crippen LogP contribution in [0.4, 0.5) is 14.5 Å². The van der Waals surface area contributed by atoms with Crippen molar-refractivity contribution in [3.8, 4) is 0 Å². The lowest BCUT2D eigenvalue weighted by atomic mass is 9.90. The largest absolute Gasteiger partial charge is 0.309 e. The first-order valence-electron chi connectivity index (χ1n) is 11.1. The maximum atomic E-state index is 14.1. The van der Waals surface area contributed by atoms with Gasteiger partial charge in [-0.15, -0.1) is 0 Å². The highest BCUT2D eigenvalue weighted by Crippen LogP contribution is 2.38. The van der Waals surface area contributed by atoms with Gasteiger partial charge < -0.3 is 9.80 Å². The molecule has 1 amide bonds. The lowest BCUT2D eigenvalue weighted by Crippen LogP contribution is -2.41. The highest BCUT2D eigenvalue weighted by molar-refractivity contribution is 6.40. The van der Waals surface area contributed by atoms with Gasteiger partial charge in [-0.3, -0.25) is 4.79 Å². The van der Waals surface area contributed by atoms with E-state index < -0.39 is 11.6 Å². The zero-order valence-electron chi connectivity index (χ0n) is 18.6. The van der Waals surface area contributed by atoms with Crippen molar-refractivity contribution in [2.24, 2.45) is 5.92 Å². The molecule has 174 valence electrons. The third-order valence-corrected chi connectivity index (χ3v) is 6.53. The Morgan fingerprint density at radius 2 is 1.78 bits per heavy atom. The minimum absolute atomic E-state index is 0.0381. The molecule has 1 fully saturated rings. The molecule has 2 aromatic rings. The van der Waals surface area contributed by atoms with Crippen LogP contribution in [-0.2, 0) is 17.6 Å². The summed E-state index contributed by atoms with van der Waals surface area (Å²) in [5.74, 6) is -1.15. The maximum Gasteiger partial charge on any atom is 0.227 e. The molecule has 0 bridgehead atoms. The van der Waals surface area contributed by atoms with Crippen LogP contribution in [0.3, 0.4) is 0 Å². The third kappa shape index (κ3) is 6.66. The molecule has 0 aliphatic carbocycles. The van der Waals surface area contributed by atoms with Gasteiger partial charge in [0.15, 0.2) is 0 Å². The van der Waals surface area contributed by atoms with Gasteiger partial charge in [0, 0.05) is 19.0 Å². The minimum atomic E-state index is -0.594. The van der Waals surface area contributed by atoms with E-state index >= 15 is 0 Å². The van der Waals surface area contributed by atoms with E-state index in [2.05, 4.69) is 19.0 Å². The van der Waals surface area contributed by atoms with Crippen LogP contribution >= 0.6 is 23.2 Å². The van der Waals surface area contributed by atoms with Crippen LogP contribution in [0.1, 0.15) is 43.2 Å². The van der Waals surface area contributed by atoms with Gasteiger partial charge in [0.05, 0.1) is 15.7 Å². The molecular weight excluding hydrogens is 453 g/mol. The van der Waals surface area contributed by atoms with Crippen molar-refractivity contribution in [3.63, 3.8) is 0 Å². The van der Waals surface area contributed by atoms with E-state index in [1.807, 2.05) is 12.1 Å². The van der Waals surface area contributed by atoms with E-state index in [0.29, 0.717) is 47.1 Å². The average molecular weight is 483 g/mol. The highest BCUT2D eigenvalue weighted by Gasteiger charge is 2.30. The Kier molecular flexibility index (Phi) is 8.92. The fourth-order valence-electron chi connectivity index (χ4n) is 4.25. The molecule has 1 heterocycles. The van der Waals surface area contributed by atoms with Crippen LogP contribution in [0.25, 0.3) is 0 Å². The number of amides is 1. The number of carbonyl (C=O) groups excluding carboxylic acids is 1. The topological polar surface area (TPSA) is 23.6 Å². The Labute approximate surface area is 199 Å².